The molecular weight excluding hydrogens is 391 g/mol. The van der Waals surface area contributed by atoms with Crippen LogP contribution < -0.4 is 0 Å². The maximum atomic E-state index is 14.2. The summed E-state index contributed by atoms with van der Waals surface area (Å²) in [5, 5.41) is 1.04. The fourth-order valence-electron chi connectivity index (χ4n) is 3.54. The summed E-state index contributed by atoms with van der Waals surface area (Å²) in [5.74, 6) is -0.270. The molecule has 1 fully saturated rings. The van der Waals surface area contributed by atoms with Crippen molar-refractivity contribution in [1.29, 1.82) is 0 Å². The van der Waals surface area contributed by atoms with Crippen molar-refractivity contribution in [3.8, 4) is 0 Å². The van der Waals surface area contributed by atoms with Gasteiger partial charge in [-0.3, -0.25) is 9.69 Å². The van der Waals surface area contributed by atoms with Crippen molar-refractivity contribution in [2.75, 3.05) is 6.54 Å². The molecule has 0 spiro atoms. The Morgan fingerprint density at radius 3 is 2.57 bits per heavy atom. The fourth-order valence-corrected chi connectivity index (χ4v) is 4.91. The van der Waals surface area contributed by atoms with Crippen LogP contribution in [0.1, 0.15) is 23.7 Å². The highest BCUT2D eigenvalue weighted by atomic mass is 32.2. The van der Waals surface area contributed by atoms with E-state index in [0.717, 1.165) is 22.2 Å². The lowest BCUT2D eigenvalue weighted by Crippen LogP contribution is -2.27. The number of rotatable bonds is 4. The van der Waals surface area contributed by atoms with Gasteiger partial charge in [0.2, 0.25) is 0 Å². The zero-order valence-corrected chi connectivity index (χ0v) is 17.2. The van der Waals surface area contributed by atoms with E-state index in [0.29, 0.717) is 27.9 Å². The fraction of sp³-hybridized carbons (Fsp3) is 0.182. The third-order valence-electron chi connectivity index (χ3n) is 5.03. The molecule has 0 radical (unpaired) electrons. The number of likely N-dealkylation sites (N-methyl/N-ethyl adjacent to an activating group) is 1. The molecule has 0 saturated carbocycles. The average molecular weight is 411 g/mol. The van der Waals surface area contributed by atoms with Gasteiger partial charge in [0, 0.05) is 34.3 Å². The number of fused-ring (bicyclic) bond motifs is 1. The molecule has 28 heavy (non-hydrogen) atoms. The van der Waals surface area contributed by atoms with Gasteiger partial charge in [-0.2, -0.15) is 0 Å². The van der Waals surface area contributed by atoms with Crippen molar-refractivity contribution in [3.63, 3.8) is 0 Å². The maximum absolute atomic E-state index is 14.2. The van der Waals surface area contributed by atoms with Gasteiger partial charge in [-0.15, -0.1) is 0 Å². The van der Waals surface area contributed by atoms with Crippen molar-refractivity contribution in [1.82, 2.24) is 9.47 Å². The number of halogens is 1. The van der Waals surface area contributed by atoms with Gasteiger partial charge in [-0.1, -0.05) is 60.4 Å². The number of amides is 1. The van der Waals surface area contributed by atoms with Crippen LogP contribution in [0.4, 0.5) is 4.39 Å². The van der Waals surface area contributed by atoms with Gasteiger partial charge in [0.15, 0.2) is 0 Å². The Morgan fingerprint density at radius 2 is 1.86 bits per heavy atom. The summed E-state index contributed by atoms with van der Waals surface area (Å²) in [6.07, 6.45) is 1.92. The van der Waals surface area contributed by atoms with Gasteiger partial charge in [0.25, 0.3) is 5.91 Å². The maximum Gasteiger partial charge on any atom is 0.266 e. The normalized spacial score (nSPS) is 16.0. The predicted molar refractivity (Wildman–Crippen MR) is 118 cm³/mol. The number of aromatic nitrogens is 1. The van der Waals surface area contributed by atoms with E-state index < -0.39 is 0 Å². The summed E-state index contributed by atoms with van der Waals surface area (Å²) < 4.78 is 16.9. The summed E-state index contributed by atoms with van der Waals surface area (Å²) in [6, 6.07) is 14.8. The first-order chi connectivity index (χ1) is 13.5. The van der Waals surface area contributed by atoms with Crippen LogP contribution in [0.3, 0.4) is 0 Å². The quantitative estimate of drug-likeness (QED) is 0.428. The molecule has 3 aromatic rings. The molecule has 0 atom stereocenters. The number of para-hydroxylation sites is 1. The van der Waals surface area contributed by atoms with E-state index in [-0.39, 0.29) is 11.7 Å². The molecule has 2 heterocycles. The van der Waals surface area contributed by atoms with Crippen LogP contribution in [0, 0.1) is 12.7 Å². The van der Waals surface area contributed by atoms with Crippen LogP contribution in [0.15, 0.2) is 53.4 Å². The Hall–Kier alpha value is -2.44. The van der Waals surface area contributed by atoms with E-state index in [4.69, 9.17) is 12.2 Å². The summed E-state index contributed by atoms with van der Waals surface area (Å²) >= 11 is 6.66. The minimum atomic E-state index is -0.218. The van der Waals surface area contributed by atoms with E-state index in [2.05, 4.69) is 4.57 Å². The molecule has 0 aliphatic carbocycles. The first-order valence-electron chi connectivity index (χ1n) is 9.08. The van der Waals surface area contributed by atoms with Crippen molar-refractivity contribution in [2.24, 2.45) is 0 Å². The second-order valence-corrected chi connectivity index (χ2v) is 8.30. The van der Waals surface area contributed by atoms with Crippen molar-refractivity contribution in [2.45, 2.75) is 20.4 Å². The third kappa shape index (κ3) is 3.16. The standard InChI is InChI=1S/C22H19FN2OS2/c1-3-24-21(26)20(28-22(24)27)12-17-14(2)25(19-11-7-5-9-16(17)19)13-15-8-4-6-10-18(15)23/h4-12H,3,13H2,1-2H3/b20-12+. The summed E-state index contributed by atoms with van der Waals surface area (Å²) in [5.41, 5.74) is 3.62. The van der Waals surface area contributed by atoms with Crippen LogP contribution in [0.2, 0.25) is 0 Å². The highest BCUT2D eigenvalue weighted by Crippen LogP contribution is 2.35. The number of carbonyl (C=O) groups excluding carboxylic acids is 1. The monoisotopic (exact) mass is 410 g/mol. The first-order valence-corrected chi connectivity index (χ1v) is 10.3. The van der Waals surface area contributed by atoms with E-state index >= 15 is 0 Å². The molecule has 1 aromatic heterocycles. The van der Waals surface area contributed by atoms with Gasteiger partial charge < -0.3 is 4.57 Å². The molecule has 142 valence electrons. The number of nitrogens with zero attached hydrogens (tertiary/aromatic N) is 2. The molecule has 3 nitrogen and oxygen atoms in total. The number of thiocarbonyl (C=S) groups is 1. The molecule has 0 bridgehead atoms. The lowest BCUT2D eigenvalue weighted by Gasteiger charge is -2.10. The Morgan fingerprint density at radius 1 is 1.14 bits per heavy atom. The lowest BCUT2D eigenvalue weighted by molar-refractivity contribution is -0.121. The molecule has 1 aliphatic rings. The molecule has 4 rings (SSSR count). The molecule has 1 aliphatic heterocycles. The molecule has 2 aromatic carbocycles. The highest BCUT2D eigenvalue weighted by Gasteiger charge is 2.31. The largest absolute Gasteiger partial charge is 0.340 e. The second-order valence-electron chi connectivity index (χ2n) is 6.62. The van der Waals surface area contributed by atoms with Crippen molar-refractivity contribution in [3.05, 3.63) is 76.1 Å². The molecule has 6 heteroatoms. The van der Waals surface area contributed by atoms with E-state index in [1.807, 2.05) is 50.3 Å². The molecule has 1 saturated heterocycles. The van der Waals surface area contributed by atoms with E-state index in [1.54, 1.807) is 17.0 Å². The Kier molecular flexibility index (Phi) is 5.08. The zero-order chi connectivity index (χ0) is 19.8. The molecule has 1 amide bonds. The SMILES string of the molecule is CCN1C(=O)/C(=C\c2c(C)n(Cc3ccccc3F)c3ccccc23)SC1=S. The predicted octanol–water partition coefficient (Wildman–Crippen LogP) is 5.36. The molecular formula is C22H19FN2OS2. The Labute approximate surface area is 172 Å². The summed E-state index contributed by atoms with van der Waals surface area (Å²) in [4.78, 5) is 14.9. The van der Waals surface area contributed by atoms with Crippen LogP contribution >= 0.6 is 24.0 Å². The minimum Gasteiger partial charge on any atom is -0.340 e. The van der Waals surface area contributed by atoms with E-state index in [9.17, 15) is 9.18 Å². The van der Waals surface area contributed by atoms with Crippen LogP contribution in [0.5, 0.6) is 0 Å². The Balaban J connectivity index is 1.84. The highest BCUT2D eigenvalue weighted by molar-refractivity contribution is 8.26. The number of benzene rings is 2. The van der Waals surface area contributed by atoms with Gasteiger partial charge >= 0.3 is 0 Å². The van der Waals surface area contributed by atoms with Crippen LogP contribution in [-0.4, -0.2) is 26.2 Å². The number of carbonyl (C=O) groups is 1. The average Bonchev–Trinajstić information content (AvgIpc) is 3.11. The van der Waals surface area contributed by atoms with Crippen LogP contribution in [-0.2, 0) is 11.3 Å². The molecule has 0 N–H and O–H groups in total. The Bertz CT molecular complexity index is 1130. The molecule has 0 unspecified atom stereocenters. The topological polar surface area (TPSA) is 25.2 Å². The summed E-state index contributed by atoms with van der Waals surface area (Å²) in [7, 11) is 0. The third-order valence-corrected chi connectivity index (χ3v) is 6.41. The summed E-state index contributed by atoms with van der Waals surface area (Å²) in [6.45, 7) is 4.92. The smallest absolute Gasteiger partial charge is 0.266 e. The number of thioether (sulfide) groups is 1. The van der Waals surface area contributed by atoms with Gasteiger partial charge in [0.05, 0.1) is 11.4 Å². The van der Waals surface area contributed by atoms with Crippen molar-refractivity contribution >= 4 is 51.2 Å². The number of hydrogen-bond donors (Lipinski definition) is 0. The first kappa shape index (κ1) is 18.9. The van der Waals surface area contributed by atoms with Gasteiger partial charge in [0.1, 0.15) is 10.1 Å². The zero-order valence-electron chi connectivity index (χ0n) is 15.6. The van der Waals surface area contributed by atoms with Gasteiger partial charge in [-0.25, -0.2) is 4.39 Å². The second kappa shape index (κ2) is 7.53. The lowest BCUT2D eigenvalue weighted by atomic mass is 10.1. The number of hydrogen-bond acceptors (Lipinski definition) is 3. The van der Waals surface area contributed by atoms with Crippen molar-refractivity contribution < 1.29 is 9.18 Å². The minimum absolute atomic E-state index is 0.0529. The van der Waals surface area contributed by atoms with Gasteiger partial charge in [-0.05, 0) is 32.1 Å². The van der Waals surface area contributed by atoms with E-state index in [1.165, 1.54) is 17.8 Å². The van der Waals surface area contributed by atoms with Crippen LogP contribution in [0.25, 0.3) is 17.0 Å².